The highest BCUT2D eigenvalue weighted by Crippen LogP contribution is 2.19. The molecule has 37 N–H and O–H groups in total. The van der Waals surface area contributed by atoms with Gasteiger partial charge in [0.25, 0.3) is 0 Å². The van der Waals surface area contributed by atoms with Gasteiger partial charge >= 0.3 is 0 Å². The first-order chi connectivity index (χ1) is 61.5. The lowest BCUT2D eigenvalue weighted by molar-refractivity contribution is -0.136. The Bertz CT molecular complexity index is 4350. The van der Waals surface area contributed by atoms with E-state index in [1.165, 1.54) is 72.8 Å². The summed E-state index contributed by atoms with van der Waals surface area (Å²) in [6.07, 6.45) is -0.457. The van der Waals surface area contributed by atoms with Crippen molar-refractivity contribution in [2.45, 2.75) is 197 Å². The molecular formula is C81H128N26O22S. The highest BCUT2D eigenvalue weighted by Gasteiger charge is 2.38. The molecule has 0 saturated carbocycles. The average molecular weight is 1850 g/mol. The van der Waals surface area contributed by atoms with E-state index in [9.17, 15) is 107 Å². The van der Waals surface area contributed by atoms with E-state index in [4.69, 9.17) is 45.9 Å². The summed E-state index contributed by atoms with van der Waals surface area (Å²) in [5.74, 6) is -19.2. The summed E-state index contributed by atoms with van der Waals surface area (Å²) in [4.78, 5) is 233. The topological polar surface area (TPSA) is 820 Å². The molecule has 49 heteroatoms. The maximum atomic E-state index is 14.7. The van der Waals surface area contributed by atoms with Gasteiger partial charge in [-0.25, -0.2) is 0 Å². The van der Waals surface area contributed by atoms with Crippen LogP contribution in [-0.4, -0.2) is 286 Å². The quantitative estimate of drug-likeness (QED) is 0.0108. The van der Waals surface area contributed by atoms with Gasteiger partial charge in [0.15, 0.2) is 17.9 Å². The van der Waals surface area contributed by atoms with Crippen molar-refractivity contribution in [3.63, 3.8) is 0 Å². The largest absolute Gasteiger partial charge is 0.508 e. The van der Waals surface area contributed by atoms with Crippen LogP contribution >= 0.6 is 12.6 Å². The number of primary amides is 1. The Morgan fingerprint density at radius 3 is 0.792 bits per heavy atom. The number of aromatic hydroxyl groups is 3. The Morgan fingerprint density at radius 1 is 0.323 bits per heavy atom. The number of nitrogens with zero attached hydrogens (tertiary/aromatic N) is 3. The van der Waals surface area contributed by atoms with Gasteiger partial charge in [-0.3, -0.25) is 91.7 Å². The van der Waals surface area contributed by atoms with Crippen LogP contribution in [0.1, 0.15) is 116 Å². The lowest BCUT2D eigenvalue weighted by Crippen LogP contribution is -2.61. The number of thiol groups is 1. The summed E-state index contributed by atoms with van der Waals surface area (Å²) in [6, 6.07) is -3.15. The van der Waals surface area contributed by atoms with Gasteiger partial charge in [0, 0.05) is 44.6 Å². The fourth-order valence-electron chi connectivity index (χ4n) is 12.3. The number of guanidine groups is 3. The van der Waals surface area contributed by atoms with Crippen molar-refractivity contribution >= 4 is 125 Å². The number of rotatable bonds is 59. The molecule has 0 radical (unpaired) electrons. The molecule has 0 saturated heterocycles. The van der Waals surface area contributed by atoms with Crippen molar-refractivity contribution in [3.05, 3.63) is 89.5 Å². The molecule has 0 heterocycles. The van der Waals surface area contributed by atoms with Crippen molar-refractivity contribution in [2.24, 2.45) is 78.6 Å². The van der Waals surface area contributed by atoms with Crippen LogP contribution in [0.3, 0.4) is 0 Å². The molecule has 0 fully saturated rings. The van der Waals surface area contributed by atoms with Crippen LogP contribution in [0.2, 0.25) is 0 Å². The summed E-state index contributed by atoms with van der Waals surface area (Å²) in [7, 11) is 0. The van der Waals surface area contributed by atoms with Crippen molar-refractivity contribution in [1.29, 1.82) is 0 Å². The Hall–Kier alpha value is -13.4. The monoisotopic (exact) mass is 1850 g/mol. The summed E-state index contributed by atoms with van der Waals surface area (Å²) >= 11 is 4.06. The zero-order valence-corrected chi connectivity index (χ0v) is 74.2. The van der Waals surface area contributed by atoms with E-state index < -0.39 is 230 Å². The first-order valence-corrected chi connectivity index (χ1v) is 42.6. The predicted molar refractivity (Wildman–Crippen MR) is 478 cm³/mol. The van der Waals surface area contributed by atoms with E-state index in [0.29, 0.717) is 23.1 Å². The van der Waals surface area contributed by atoms with Gasteiger partial charge in [-0.2, -0.15) is 12.6 Å². The van der Waals surface area contributed by atoms with Crippen LogP contribution in [0.25, 0.3) is 0 Å². The van der Waals surface area contributed by atoms with Gasteiger partial charge in [0.05, 0.1) is 45.5 Å². The molecule has 3 aromatic carbocycles. The first-order valence-electron chi connectivity index (χ1n) is 41.9. The van der Waals surface area contributed by atoms with E-state index in [-0.39, 0.29) is 131 Å². The van der Waals surface area contributed by atoms with E-state index in [1.54, 1.807) is 41.5 Å². The Kier molecular flexibility index (Phi) is 49.5. The zero-order chi connectivity index (χ0) is 97.4. The van der Waals surface area contributed by atoms with E-state index in [0.717, 1.165) is 0 Å². The molecular weight excluding hydrogens is 1720 g/mol. The normalized spacial score (nSPS) is 14.6. The number of amides is 16. The van der Waals surface area contributed by atoms with Crippen molar-refractivity contribution in [2.75, 3.05) is 64.8 Å². The molecule has 0 unspecified atom stereocenters. The number of carbonyl (C=O) groups excluding carboxylic acids is 16. The van der Waals surface area contributed by atoms with Crippen LogP contribution < -0.4 is 126 Å². The lowest BCUT2D eigenvalue weighted by Gasteiger charge is -2.28. The summed E-state index contributed by atoms with van der Waals surface area (Å²) in [5, 5.41) is 98.0. The average Bonchev–Trinajstić information content (AvgIpc) is 0.847. The number of aliphatic hydroxyl groups excluding tert-OH is 3. The van der Waals surface area contributed by atoms with Crippen LogP contribution in [0, 0.1) is 17.8 Å². The number of phenolic OH excluding ortho intramolecular Hbond substituents is 3. The number of hydrogen-bond acceptors (Lipinski definition) is 27. The number of benzene rings is 3. The van der Waals surface area contributed by atoms with Gasteiger partial charge in [0.2, 0.25) is 94.5 Å². The van der Waals surface area contributed by atoms with Gasteiger partial charge in [-0.15, -0.1) is 0 Å². The molecule has 3 aromatic rings. The lowest BCUT2D eigenvalue weighted by atomic mass is 9.97. The van der Waals surface area contributed by atoms with Crippen LogP contribution in [-0.2, 0) is 96.0 Å². The first kappa shape index (κ1) is 111. The molecule has 16 atom stereocenters. The molecule has 0 aliphatic heterocycles. The highest BCUT2D eigenvalue weighted by atomic mass is 32.1. The van der Waals surface area contributed by atoms with E-state index in [1.807, 2.05) is 0 Å². The minimum atomic E-state index is -1.87. The third kappa shape index (κ3) is 40.7. The molecule has 0 bridgehead atoms. The van der Waals surface area contributed by atoms with Gasteiger partial charge < -0.3 is 156 Å². The van der Waals surface area contributed by atoms with Crippen molar-refractivity contribution in [1.82, 2.24) is 79.8 Å². The Labute approximate surface area is 756 Å². The number of hydrogen-bond donors (Lipinski definition) is 30. The van der Waals surface area contributed by atoms with Crippen LogP contribution in [0.5, 0.6) is 17.2 Å². The van der Waals surface area contributed by atoms with E-state index >= 15 is 0 Å². The smallest absolute Gasteiger partial charge is 0.245 e. The molecule has 3 rings (SSSR count). The van der Waals surface area contributed by atoms with Crippen molar-refractivity contribution < 1.29 is 107 Å². The summed E-state index contributed by atoms with van der Waals surface area (Å²) < 4.78 is 0. The molecule has 16 amide bonds. The van der Waals surface area contributed by atoms with E-state index in [2.05, 4.69) is 107 Å². The number of aliphatic hydroxyl groups is 3. The van der Waals surface area contributed by atoms with Gasteiger partial charge in [-0.05, 0) is 109 Å². The fourth-order valence-corrected chi connectivity index (χ4v) is 12.5. The minimum Gasteiger partial charge on any atom is -0.508 e. The highest BCUT2D eigenvalue weighted by molar-refractivity contribution is 7.80. The predicted octanol–water partition coefficient (Wildman–Crippen LogP) is -9.98. The number of nitrogens with one attached hydrogen (secondary N) is 15. The maximum absolute atomic E-state index is 14.7. The minimum absolute atomic E-state index is 0.0172. The summed E-state index contributed by atoms with van der Waals surface area (Å²) in [6.45, 7) is 3.94. The SMILES string of the molecule is CC[C@H](C)[C@H](NC(=O)[C@H](Cc1ccc(O)cc1)NC(=O)[C@H](CCCN=C(N)N)NC(=O)[C@H](CO)NC(=O)CNC(=O)[C@@H](NC(=O)[C@H](Cc1ccc(O)cc1)NC(=O)[C@H](CCCN=C(N)N)NC(=O)[C@H](CO)NC(=O)CNC(=O)[C@@H](NC(=O)[C@H](Cc1ccc(O)cc1)NC(=O)[C@@H](N)CS)[C@@H](C)CC)[C@@H](C)CC)C(=O)NCC(=O)N[C@@H](CO)C(=O)N[C@@H](CCCN=C(N)N)C(N)=O. The molecule has 0 spiro atoms. The summed E-state index contributed by atoms with van der Waals surface area (Å²) in [5.41, 5.74) is 45.4. The third-order valence-corrected chi connectivity index (χ3v) is 20.9. The molecule has 130 heavy (non-hydrogen) atoms. The molecule has 0 aromatic heterocycles. The van der Waals surface area contributed by atoms with Gasteiger partial charge in [-0.1, -0.05) is 97.2 Å². The maximum Gasteiger partial charge on any atom is 0.245 e. The van der Waals surface area contributed by atoms with Gasteiger partial charge in [0.1, 0.15) is 89.8 Å². The van der Waals surface area contributed by atoms with Crippen molar-refractivity contribution in [3.8, 4) is 17.2 Å². The van der Waals surface area contributed by atoms with Crippen LogP contribution in [0.15, 0.2) is 87.8 Å². The number of phenols is 3. The Balaban J connectivity index is 1.88. The molecule has 0 aliphatic rings. The van der Waals surface area contributed by atoms with Crippen LogP contribution in [0.4, 0.5) is 0 Å². The second-order valence-electron chi connectivity index (χ2n) is 30.7. The number of carbonyl (C=O) groups is 16. The third-order valence-electron chi connectivity index (χ3n) is 20.5. The number of aliphatic imine (C=N–C) groups is 3. The second kappa shape index (κ2) is 58.1. The second-order valence-corrected chi connectivity index (χ2v) is 31.1. The standard InChI is InChI=1S/C81H128N26O22S/c1-7-41(4)63(105-70(121)54(102-67(118)50(82)40-130)31-44-16-22-47(111)23-17-44)76(127)94-35-61(115)97-58(38-109)74(125)100-52(14-11-29-91-80(86)87)69(120)104-56(33-46-20-26-49(113)27-21-46)72(123)107-65(43(6)9-3)78(129)95-36-62(116)98-59(39-110)75(126)101-53(15-12-30-92-81(88)89)68(119)103-55(32-45-18-24-48(112)25-19-45)71(122)106-64(42(5)8-2)77(128)93-34-60(114)96-57(37-108)73(124)99-51(66(83)117)13-10-28-90-79(84)85/h16-27,41-43,50-59,63-65,108-113,130H,7-15,28-40,82H2,1-6H3,(H2,83,117)(H,93,128)(H,94,127)(H,95,129)(H,96,114)(H,97,115)(H,98,116)(H,99,124)(H,100,125)(H,101,126)(H,102,118)(H,103,119)(H,104,120)(H,105,121)(H,106,122)(H,107,123)(H4,84,85,90)(H4,86,87,91)(H4,88,89,92)/t41-,42-,43-,50-,51-,52-,53-,54-,55-,56-,57-,58-,59-,63-,64-,65-/m0/s1. The molecule has 720 valence electrons. The zero-order valence-electron chi connectivity index (χ0n) is 73.3. The Morgan fingerprint density at radius 2 is 0.554 bits per heavy atom. The number of nitrogens with two attached hydrogens (primary N) is 8. The fraction of sp³-hybridized carbons (Fsp3) is 0.543. The molecule has 0 aliphatic carbocycles. The molecule has 48 nitrogen and oxygen atoms in total.